The van der Waals surface area contributed by atoms with Crippen molar-refractivity contribution in [2.75, 3.05) is 9.80 Å². The van der Waals surface area contributed by atoms with Crippen molar-refractivity contribution in [1.29, 1.82) is 0 Å². The monoisotopic (exact) mass is 1150 g/mol. The highest BCUT2D eigenvalue weighted by Gasteiger charge is 2.45. The van der Waals surface area contributed by atoms with E-state index in [4.69, 9.17) is 4.98 Å². The van der Waals surface area contributed by atoms with Gasteiger partial charge in [-0.25, -0.2) is 4.98 Å². The van der Waals surface area contributed by atoms with Gasteiger partial charge < -0.3 is 9.80 Å². The van der Waals surface area contributed by atoms with E-state index < -0.39 is 0 Å². The van der Waals surface area contributed by atoms with Gasteiger partial charge in [-0.1, -0.05) is 267 Å². The molecule has 3 nitrogen and oxygen atoms in total. The Hall–Kier alpha value is -11.8. The van der Waals surface area contributed by atoms with Gasteiger partial charge in [-0.2, -0.15) is 0 Å². The number of rotatable bonds is 9. The van der Waals surface area contributed by atoms with E-state index in [-0.39, 0.29) is 6.71 Å². The third kappa shape index (κ3) is 9.02. The Kier molecular flexibility index (Phi) is 12.3. The van der Waals surface area contributed by atoms with Gasteiger partial charge in [0.05, 0.1) is 11.4 Å². The lowest BCUT2D eigenvalue weighted by Gasteiger charge is -2.45. The largest absolute Gasteiger partial charge is 0.311 e. The minimum absolute atomic E-state index is 0.211. The van der Waals surface area contributed by atoms with Gasteiger partial charge in [0.1, 0.15) is 0 Å². The van der Waals surface area contributed by atoms with E-state index in [1.54, 1.807) is 0 Å². The fourth-order valence-corrected chi connectivity index (χ4v) is 14.6. The number of hydrogen-bond acceptors (Lipinski definition) is 3. The zero-order valence-electron chi connectivity index (χ0n) is 49.8. The minimum atomic E-state index is -0.211. The van der Waals surface area contributed by atoms with E-state index in [0.717, 1.165) is 112 Å². The van der Waals surface area contributed by atoms with E-state index in [0.29, 0.717) is 0 Å². The summed E-state index contributed by atoms with van der Waals surface area (Å²) in [5.41, 5.74) is 25.7. The van der Waals surface area contributed by atoms with Gasteiger partial charge in [0.25, 0.3) is 6.71 Å². The average Bonchev–Trinajstić information content (AvgIpc) is 0.696. The molecule has 0 unspecified atom stereocenters. The molecule has 0 saturated carbocycles. The molecule has 2 aliphatic rings. The second kappa shape index (κ2) is 21.5. The van der Waals surface area contributed by atoms with Gasteiger partial charge in [-0.15, -0.1) is 0 Å². The third-order valence-corrected chi connectivity index (χ3v) is 18.9. The molecule has 3 heterocycles. The quantitative estimate of drug-likeness (QED) is 0.106. The molecule has 0 saturated heterocycles. The molecular weight excluding hydrogens is 1100 g/mol. The summed E-state index contributed by atoms with van der Waals surface area (Å²) < 4.78 is 0. The first kappa shape index (κ1) is 52.3. The Bertz CT molecular complexity index is 5070. The van der Waals surface area contributed by atoms with Gasteiger partial charge in [-0.05, 0) is 188 Å². The molecule has 0 fully saturated rings. The Morgan fingerprint density at radius 3 is 0.890 bits per heavy atom. The molecule has 0 spiro atoms. The highest BCUT2D eigenvalue weighted by molar-refractivity contribution is 7.00. The summed E-state index contributed by atoms with van der Waals surface area (Å²) in [7, 11) is 0. The fraction of sp³-hybridized carbons (Fsp3) is 0. The standard InChI is InChI=1S/C87H56BN3/c1-7-23-57(24-8-1)67-43-68(58-25-9-2-10-26-58)46-73(45-67)90-83-51-65-41-39-61-31-19-21-37-75(61)77(65)55-79(83)88-80-56-78-66(42-40-62-32-20-22-38-76(62)78)52-84(80)91(74-47-69(59-27-11-3-12-28-59)44-70(48-74)60-29-13-4-14-30-60)86-54-72(53-85(90)87(86)88)71-49-81(63-33-15-5-16-34-63)89-82(50-71)64-35-17-6-18-36-64/h1-56H. The summed E-state index contributed by atoms with van der Waals surface area (Å²) in [4.78, 5) is 10.7. The second-order valence-electron chi connectivity index (χ2n) is 24.2. The van der Waals surface area contributed by atoms with Crippen LogP contribution in [0.5, 0.6) is 0 Å². The summed E-state index contributed by atoms with van der Waals surface area (Å²) in [5, 5.41) is 9.76. The smallest absolute Gasteiger partial charge is 0.252 e. The maximum absolute atomic E-state index is 5.47. The van der Waals surface area contributed by atoms with Gasteiger partial charge in [0.2, 0.25) is 0 Å². The van der Waals surface area contributed by atoms with Crippen molar-refractivity contribution in [3.05, 3.63) is 340 Å². The van der Waals surface area contributed by atoms with E-state index >= 15 is 0 Å². The van der Waals surface area contributed by atoms with Crippen LogP contribution in [0.4, 0.5) is 34.1 Å². The number of aromatic nitrogens is 1. The second-order valence-corrected chi connectivity index (χ2v) is 24.2. The van der Waals surface area contributed by atoms with Crippen LogP contribution < -0.4 is 26.2 Å². The predicted molar refractivity (Wildman–Crippen MR) is 386 cm³/mol. The van der Waals surface area contributed by atoms with Crippen LogP contribution in [0.1, 0.15) is 0 Å². The van der Waals surface area contributed by atoms with Crippen LogP contribution in [0.25, 0.3) is 121 Å². The highest BCUT2D eigenvalue weighted by Crippen LogP contribution is 2.50. The molecule has 0 amide bonds. The van der Waals surface area contributed by atoms with Gasteiger partial charge >= 0.3 is 0 Å². The van der Waals surface area contributed by atoms with Crippen LogP contribution in [0.3, 0.4) is 0 Å². The first-order valence-corrected chi connectivity index (χ1v) is 31.4. The zero-order chi connectivity index (χ0) is 59.9. The van der Waals surface area contributed by atoms with Crippen molar-refractivity contribution < 1.29 is 0 Å². The maximum Gasteiger partial charge on any atom is 0.252 e. The van der Waals surface area contributed by atoms with Crippen LogP contribution in [-0.4, -0.2) is 11.7 Å². The summed E-state index contributed by atoms with van der Waals surface area (Å²) in [6.45, 7) is -0.211. The molecule has 15 aromatic carbocycles. The number of benzene rings is 15. The van der Waals surface area contributed by atoms with Crippen LogP contribution in [0, 0.1) is 0 Å². The van der Waals surface area contributed by atoms with E-state index in [9.17, 15) is 0 Å². The minimum Gasteiger partial charge on any atom is -0.311 e. The summed E-state index contributed by atoms with van der Waals surface area (Å²) in [6, 6.07) is 126. The molecule has 18 rings (SSSR count). The van der Waals surface area contributed by atoms with Crippen LogP contribution in [-0.2, 0) is 0 Å². The SMILES string of the molecule is c1ccc(-c2cc(-c3ccccc3)cc(N3c4cc5ccc6ccccc6c5cc4B4c5cc6c(ccc7ccccc76)cc5N(c5cc(-c6ccccc6)cc(-c6ccccc6)c5)c5cc(-c6cc(-c7ccccc7)nc(-c7ccccc7)c6)cc3c54)c2)cc1. The number of pyridine rings is 1. The summed E-state index contributed by atoms with van der Waals surface area (Å²) in [5.74, 6) is 0. The lowest BCUT2D eigenvalue weighted by atomic mass is 9.33. The number of fused-ring (bicyclic) bond motifs is 10. The summed E-state index contributed by atoms with van der Waals surface area (Å²) in [6.07, 6.45) is 0. The van der Waals surface area contributed by atoms with Crippen LogP contribution in [0.2, 0.25) is 0 Å². The number of nitrogens with zero attached hydrogens (tertiary/aromatic N) is 3. The Balaban J connectivity index is 1.02. The average molecular weight is 1150 g/mol. The van der Waals surface area contributed by atoms with Gasteiger partial charge in [-0.3, -0.25) is 0 Å². The molecule has 0 radical (unpaired) electrons. The van der Waals surface area contributed by atoms with E-state index in [2.05, 4.69) is 350 Å². The number of hydrogen-bond donors (Lipinski definition) is 0. The third-order valence-electron chi connectivity index (χ3n) is 18.9. The molecule has 4 heteroatoms. The molecule has 422 valence electrons. The maximum atomic E-state index is 5.47. The number of anilines is 6. The molecule has 91 heavy (non-hydrogen) atoms. The van der Waals surface area contributed by atoms with Crippen molar-refractivity contribution in [3.8, 4) is 78.1 Å². The van der Waals surface area contributed by atoms with E-state index in [1.807, 2.05) is 0 Å². The summed E-state index contributed by atoms with van der Waals surface area (Å²) >= 11 is 0. The molecule has 0 N–H and O–H groups in total. The molecule has 2 aliphatic heterocycles. The Labute approximate surface area is 529 Å². The molecule has 1 aromatic heterocycles. The normalized spacial score (nSPS) is 12.3. The van der Waals surface area contributed by atoms with Crippen molar-refractivity contribution in [2.45, 2.75) is 0 Å². The molecular formula is C87H56BN3. The molecule has 0 bridgehead atoms. The molecule has 0 aliphatic carbocycles. The van der Waals surface area contributed by atoms with Crippen molar-refractivity contribution >= 4 is 100 Å². The van der Waals surface area contributed by atoms with Crippen molar-refractivity contribution in [2.24, 2.45) is 0 Å². The molecule has 0 atom stereocenters. The van der Waals surface area contributed by atoms with Crippen molar-refractivity contribution in [1.82, 2.24) is 4.98 Å². The topological polar surface area (TPSA) is 19.4 Å². The predicted octanol–water partition coefficient (Wildman–Crippen LogP) is 21.4. The highest BCUT2D eigenvalue weighted by atomic mass is 15.2. The Morgan fingerprint density at radius 2 is 0.516 bits per heavy atom. The lowest BCUT2D eigenvalue weighted by molar-refractivity contribution is 1.26. The molecule has 16 aromatic rings. The first-order valence-electron chi connectivity index (χ1n) is 31.4. The first-order chi connectivity index (χ1) is 45.1. The lowest BCUT2D eigenvalue weighted by Crippen LogP contribution is -2.61. The van der Waals surface area contributed by atoms with Crippen LogP contribution in [0.15, 0.2) is 340 Å². The van der Waals surface area contributed by atoms with Crippen molar-refractivity contribution in [3.63, 3.8) is 0 Å². The van der Waals surface area contributed by atoms with Gasteiger partial charge in [0, 0.05) is 45.3 Å². The Morgan fingerprint density at radius 1 is 0.209 bits per heavy atom. The van der Waals surface area contributed by atoms with Crippen LogP contribution >= 0.6 is 0 Å². The fourth-order valence-electron chi connectivity index (χ4n) is 14.6. The van der Waals surface area contributed by atoms with E-state index in [1.165, 1.54) is 59.5 Å². The van der Waals surface area contributed by atoms with Gasteiger partial charge in [0.15, 0.2) is 0 Å². The zero-order valence-corrected chi connectivity index (χ0v) is 49.8.